The molecular weight excluding hydrogens is 178 g/mol. The van der Waals surface area contributed by atoms with Crippen molar-refractivity contribution in [3.05, 3.63) is 0 Å². The van der Waals surface area contributed by atoms with Crippen molar-refractivity contribution in [2.45, 2.75) is 38.7 Å². The summed E-state index contributed by atoms with van der Waals surface area (Å²) in [5.41, 5.74) is -0.555. The fraction of sp³-hybridized carbons (Fsp3) is 1.00. The molecule has 0 saturated carbocycles. The van der Waals surface area contributed by atoms with Crippen molar-refractivity contribution in [2.24, 2.45) is 0 Å². The highest BCUT2D eigenvalue weighted by atomic mass is 16.5. The zero-order valence-corrected chi connectivity index (χ0v) is 9.46. The van der Waals surface area contributed by atoms with Crippen molar-refractivity contribution < 1.29 is 9.84 Å². The number of hydrogen-bond acceptors (Lipinski definition) is 3. The summed E-state index contributed by atoms with van der Waals surface area (Å²) < 4.78 is 5.43. The minimum atomic E-state index is -0.555. The van der Waals surface area contributed by atoms with Crippen LogP contribution in [-0.4, -0.2) is 48.5 Å². The Kier molecular flexibility index (Phi) is 4.85. The molecule has 1 aliphatic heterocycles. The topological polar surface area (TPSA) is 32.7 Å². The molecule has 1 N–H and O–H groups in total. The van der Waals surface area contributed by atoms with E-state index in [9.17, 15) is 5.11 Å². The van der Waals surface area contributed by atoms with Crippen LogP contribution in [0, 0.1) is 0 Å². The molecule has 0 aromatic rings. The first-order valence-corrected chi connectivity index (χ1v) is 5.72. The van der Waals surface area contributed by atoms with E-state index < -0.39 is 5.60 Å². The van der Waals surface area contributed by atoms with Gasteiger partial charge in [0.15, 0.2) is 0 Å². The van der Waals surface area contributed by atoms with Crippen molar-refractivity contribution in [3.8, 4) is 0 Å². The lowest BCUT2D eigenvalue weighted by atomic mass is 9.92. The highest BCUT2D eigenvalue weighted by molar-refractivity contribution is 4.85. The maximum atomic E-state index is 10.2. The number of piperidine rings is 1. The molecule has 1 rings (SSSR count). The predicted octanol–water partition coefficient (Wildman–Crippen LogP) is 1.26. The molecule has 84 valence electrons. The van der Waals surface area contributed by atoms with Gasteiger partial charge in [-0.1, -0.05) is 13.8 Å². The van der Waals surface area contributed by atoms with Crippen LogP contribution in [0.25, 0.3) is 0 Å². The molecule has 0 atom stereocenters. The van der Waals surface area contributed by atoms with Gasteiger partial charge in [0.2, 0.25) is 0 Å². The van der Waals surface area contributed by atoms with Gasteiger partial charge in [-0.3, -0.25) is 0 Å². The summed E-state index contributed by atoms with van der Waals surface area (Å²) in [5, 5.41) is 10.2. The fourth-order valence-corrected chi connectivity index (χ4v) is 1.84. The Hall–Kier alpha value is -0.120. The molecule has 1 fully saturated rings. The molecule has 0 spiro atoms. The van der Waals surface area contributed by atoms with Gasteiger partial charge in [-0.05, 0) is 25.8 Å². The van der Waals surface area contributed by atoms with E-state index in [1.165, 1.54) is 0 Å². The standard InChI is InChI=1S/C11H23NO2/c1-3-9-14-10-11(13)5-7-12(4-2)8-6-11/h13H,3-10H2,1-2H3. The molecule has 0 aromatic carbocycles. The van der Waals surface area contributed by atoms with Crippen LogP contribution in [-0.2, 0) is 4.74 Å². The molecule has 0 aromatic heterocycles. The first-order valence-electron chi connectivity index (χ1n) is 5.72. The van der Waals surface area contributed by atoms with Crippen LogP contribution < -0.4 is 0 Å². The van der Waals surface area contributed by atoms with Gasteiger partial charge in [-0.2, -0.15) is 0 Å². The molecular formula is C11H23NO2. The Morgan fingerprint density at radius 3 is 2.43 bits per heavy atom. The second kappa shape index (κ2) is 5.69. The summed E-state index contributed by atoms with van der Waals surface area (Å²) in [6.45, 7) is 8.62. The minimum absolute atomic E-state index is 0.512. The second-order valence-electron chi connectivity index (χ2n) is 4.21. The van der Waals surface area contributed by atoms with Gasteiger partial charge in [-0.15, -0.1) is 0 Å². The lowest BCUT2D eigenvalue weighted by molar-refractivity contribution is -0.0807. The van der Waals surface area contributed by atoms with Gasteiger partial charge >= 0.3 is 0 Å². The van der Waals surface area contributed by atoms with E-state index in [-0.39, 0.29) is 0 Å². The van der Waals surface area contributed by atoms with Crippen LogP contribution in [0.3, 0.4) is 0 Å². The Morgan fingerprint density at radius 1 is 1.29 bits per heavy atom. The van der Waals surface area contributed by atoms with Crippen molar-refractivity contribution in [2.75, 3.05) is 32.8 Å². The average molecular weight is 201 g/mol. The zero-order valence-electron chi connectivity index (χ0n) is 9.46. The van der Waals surface area contributed by atoms with Crippen LogP contribution >= 0.6 is 0 Å². The van der Waals surface area contributed by atoms with Crippen LogP contribution in [0.1, 0.15) is 33.1 Å². The first kappa shape index (κ1) is 12.0. The Morgan fingerprint density at radius 2 is 1.93 bits per heavy atom. The maximum Gasteiger partial charge on any atom is 0.0904 e. The molecule has 0 aliphatic carbocycles. The van der Waals surface area contributed by atoms with Gasteiger partial charge < -0.3 is 14.7 Å². The van der Waals surface area contributed by atoms with E-state index in [0.717, 1.165) is 45.5 Å². The fourth-order valence-electron chi connectivity index (χ4n) is 1.84. The van der Waals surface area contributed by atoms with Gasteiger partial charge in [0.05, 0.1) is 12.2 Å². The van der Waals surface area contributed by atoms with Crippen LogP contribution in [0.4, 0.5) is 0 Å². The number of aliphatic hydroxyl groups is 1. The molecule has 14 heavy (non-hydrogen) atoms. The summed E-state index contributed by atoms with van der Waals surface area (Å²) in [5.74, 6) is 0. The molecule has 3 nitrogen and oxygen atoms in total. The van der Waals surface area contributed by atoms with Gasteiger partial charge in [-0.25, -0.2) is 0 Å². The normalized spacial score (nSPS) is 22.5. The largest absolute Gasteiger partial charge is 0.387 e. The van der Waals surface area contributed by atoms with E-state index in [0.29, 0.717) is 6.61 Å². The maximum absolute atomic E-state index is 10.2. The van der Waals surface area contributed by atoms with Crippen LogP contribution in [0.2, 0.25) is 0 Å². The molecule has 1 saturated heterocycles. The summed E-state index contributed by atoms with van der Waals surface area (Å²) >= 11 is 0. The summed E-state index contributed by atoms with van der Waals surface area (Å²) in [6.07, 6.45) is 2.73. The lowest BCUT2D eigenvalue weighted by Gasteiger charge is -2.37. The third-order valence-corrected chi connectivity index (χ3v) is 2.95. The Balaban J connectivity index is 2.23. The highest BCUT2D eigenvalue weighted by Crippen LogP contribution is 2.22. The van der Waals surface area contributed by atoms with Crippen molar-refractivity contribution in [1.29, 1.82) is 0 Å². The quantitative estimate of drug-likeness (QED) is 0.680. The van der Waals surface area contributed by atoms with Gasteiger partial charge in [0.1, 0.15) is 0 Å². The molecule has 0 amide bonds. The average Bonchev–Trinajstić information content (AvgIpc) is 2.19. The van der Waals surface area contributed by atoms with Crippen molar-refractivity contribution >= 4 is 0 Å². The van der Waals surface area contributed by atoms with E-state index in [1.54, 1.807) is 0 Å². The van der Waals surface area contributed by atoms with Gasteiger partial charge in [0, 0.05) is 19.7 Å². The molecule has 1 heterocycles. The SMILES string of the molecule is CCCOCC1(O)CCN(CC)CC1. The molecule has 0 radical (unpaired) electrons. The van der Waals surface area contributed by atoms with E-state index >= 15 is 0 Å². The smallest absolute Gasteiger partial charge is 0.0904 e. The summed E-state index contributed by atoms with van der Waals surface area (Å²) in [6, 6.07) is 0. The Bertz CT molecular complexity index is 148. The first-order chi connectivity index (χ1) is 6.70. The van der Waals surface area contributed by atoms with E-state index in [2.05, 4.69) is 18.7 Å². The number of likely N-dealkylation sites (tertiary alicyclic amines) is 1. The third kappa shape index (κ3) is 3.56. The molecule has 0 bridgehead atoms. The monoisotopic (exact) mass is 201 g/mol. The molecule has 1 aliphatic rings. The van der Waals surface area contributed by atoms with E-state index in [4.69, 9.17) is 4.74 Å². The highest BCUT2D eigenvalue weighted by Gasteiger charge is 2.31. The van der Waals surface area contributed by atoms with Crippen LogP contribution in [0.15, 0.2) is 0 Å². The van der Waals surface area contributed by atoms with E-state index in [1.807, 2.05) is 0 Å². The number of ether oxygens (including phenoxy) is 1. The molecule has 0 unspecified atom stereocenters. The van der Waals surface area contributed by atoms with Crippen molar-refractivity contribution in [3.63, 3.8) is 0 Å². The number of hydrogen-bond donors (Lipinski definition) is 1. The third-order valence-electron chi connectivity index (χ3n) is 2.95. The summed E-state index contributed by atoms with van der Waals surface area (Å²) in [4.78, 5) is 2.37. The zero-order chi connectivity index (χ0) is 10.4. The summed E-state index contributed by atoms with van der Waals surface area (Å²) in [7, 11) is 0. The predicted molar refractivity (Wildman–Crippen MR) is 57.4 cm³/mol. The van der Waals surface area contributed by atoms with Crippen LogP contribution in [0.5, 0.6) is 0 Å². The number of rotatable bonds is 5. The van der Waals surface area contributed by atoms with Crippen molar-refractivity contribution in [1.82, 2.24) is 4.90 Å². The Labute approximate surface area is 87.1 Å². The minimum Gasteiger partial charge on any atom is -0.387 e. The number of nitrogens with zero attached hydrogens (tertiary/aromatic N) is 1. The second-order valence-corrected chi connectivity index (χ2v) is 4.21. The lowest BCUT2D eigenvalue weighted by Crippen LogP contribution is -2.47. The molecule has 3 heteroatoms. The van der Waals surface area contributed by atoms with Gasteiger partial charge in [0.25, 0.3) is 0 Å².